The van der Waals surface area contributed by atoms with Crippen LogP contribution in [0, 0.1) is 11.2 Å². The number of halogens is 2. The van der Waals surface area contributed by atoms with Gasteiger partial charge in [0.05, 0.1) is 17.9 Å². The maximum absolute atomic E-state index is 14.7. The normalized spacial score (nSPS) is 15.5. The van der Waals surface area contributed by atoms with Crippen LogP contribution in [0.25, 0.3) is 11.4 Å². The van der Waals surface area contributed by atoms with Crippen LogP contribution in [0.2, 0.25) is 5.02 Å². The van der Waals surface area contributed by atoms with E-state index in [0.717, 1.165) is 13.0 Å². The highest BCUT2D eigenvalue weighted by atomic mass is 35.5. The molecule has 0 unspecified atom stereocenters. The molecule has 0 fully saturated rings. The fourth-order valence-electron chi connectivity index (χ4n) is 3.93. The smallest absolute Gasteiger partial charge is 0.272 e. The zero-order valence-corrected chi connectivity index (χ0v) is 20.2. The van der Waals surface area contributed by atoms with Crippen LogP contribution in [0.4, 0.5) is 4.39 Å². The Balaban J connectivity index is 2.04. The van der Waals surface area contributed by atoms with Crippen LogP contribution in [-0.2, 0) is 17.9 Å². The van der Waals surface area contributed by atoms with Crippen LogP contribution in [0.5, 0.6) is 0 Å². The molecule has 10 heteroatoms. The molecule has 1 aromatic heterocycles. The fraction of sp³-hybridized carbons (Fsp3) is 0.522. The minimum Gasteiger partial charge on any atom is -0.395 e. The molecule has 3 N–H and O–H groups in total. The van der Waals surface area contributed by atoms with Crippen LogP contribution in [0.3, 0.4) is 0 Å². The Labute approximate surface area is 198 Å². The summed E-state index contributed by atoms with van der Waals surface area (Å²) in [6, 6.07) is 3.39. The van der Waals surface area contributed by atoms with Crippen molar-refractivity contribution < 1.29 is 19.1 Å². The van der Waals surface area contributed by atoms with E-state index in [2.05, 4.69) is 20.5 Å². The molecule has 3 rings (SSSR count). The Hall–Kier alpha value is -2.49. The van der Waals surface area contributed by atoms with E-state index in [4.69, 9.17) is 16.7 Å². The molecule has 1 atom stereocenters. The molecule has 2 aromatic rings. The number of aliphatic hydroxyl groups is 1. The highest BCUT2D eigenvalue weighted by Gasteiger charge is 2.35. The Bertz CT molecular complexity index is 1030. The van der Waals surface area contributed by atoms with Crippen molar-refractivity contribution in [1.82, 2.24) is 25.1 Å². The Morgan fingerprint density at radius 2 is 2.03 bits per heavy atom. The number of benzene rings is 1. The molecular weight excluding hydrogens is 449 g/mol. The summed E-state index contributed by atoms with van der Waals surface area (Å²) in [5.41, 5.74) is 0.443. The van der Waals surface area contributed by atoms with Gasteiger partial charge in [-0.15, -0.1) is 0 Å². The molecule has 8 nitrogen and oxygen atoms in total. The molecule has 0 radical (unpaired) electrons. The van der Waals surface area contributed by atoms with Crippen molar-refractivity contribution in [3.8, 4) is 11.4 Å². The van der Waals surface area contributed by atoms with Gasteiger partial charge in [0, 0.05) is 24.7 Å². The molecule has 0 bridgehead atoms. The van der Waals surface area contributed by atoms with Crippen LogP contribution < -0.4 is 10.6 Å². The third-order valence-corrected chi connectivity index (χ3v) is 5.85. The second-order valence-corrected chi connectivity index (χ2v) is 9.82. The zero-order chi connectivity index (χ0) is 24.3. The van der Waals surface area contributed by atoms with E-state index < -0.39 is 29.1 Å². The highest BCUT2D eigenvalue weighted by Crippen LogP contribution is 2.30. The maximum atomic E-state index is 14.7. The lowest BCUT2D eigenvalue weighted by Crippen LogP contribution is -2.54. The van der Waals surface area contributed by atoms with Gasteiger partial charge in [0.1, 0.15) is 17.7 Å². The van der Waals surface area contributed by atoms with Crippen molar-refractivity contribution in [2.45, 2.75) is 46.3 Å². The lowest BCUT2D eigenvalue weighted by molar-refractivity contribution is -0.125. The van der Waals surface area contributed by atoms with Crippen LogP contribution >= 0.6 is 11.6 Å². The second-order valence-electron chi connectivity index (χ2n) is 9.38. The number of fused-ring (bicyclic) bond motifs is 1. The molecule has 0 saturated carbocycles. The largest absolute Gasteiger partial charge is 0.395 e. The summed E-state index contributed by atoms with van der Waals surface area (Å²) in [5.74, 6) is -1.05. The lowest BCUT2D eigenvalue weighted by atomic mass is 9.86. The first-order chi connectivity index (χ1) is 15.5. The summed E-state index contributed by atoms with van der Waals surface area (Å²) < 4.78 is 16.6. The number of amides is 2. The van der Waals surface area contributed by atoms with E-state index in [9.17, 15) is 14.0 Å². The Morgan fingerprint density at radius 1 is 1.30 bits per heavy atom. The number of aliphatic hydroxyl groups excluding tert-OH is 1. The average molecular weight is 480 g/mol. The first-order valence-corrected chi connectivity index (χ1v) is 11.3. The summed E-state index contributed by atoms with van der Waals surface area (Å²) in [7, 11) is 1.95. The number of carbonyl (C=O) groups excluding carboxylic acids is 2. The van der Waals surface area contributed by atoms with E-state index in [1.54, 1.807) is 0 Å². The van der Waals surface area contributed by atoms with Crippen molar-refractivity contribution in [1.29, 1.82) is 0 Å². The lowest BCUT2D eigenvalue weighted by Gasteiger charge is -2.30. The van der Waals surface area contributed by atoms with Gasteiger partial charge in [0.15, 0.2) is 5.69 Å². The summed E-state index contributed by atoms with van der Waals surface area (Å²) in [4.78, 5) is 32.7. The first-order valence-electron chi connectivity index (χ1n) is 11.0. The maximum Gasteiger partial charge on any atom is 0.272 e. The molecule has 0 saturated heterocycles. The molecule has 1 aliphatic heterocycles. The van der Waals surface area contributed by atoms with Crippen molar-refractivity contribution >= 4 is 23.4 Å². The SMILES string of the molecule is CN1CCCn2c(-c3cc(Cl)ccc3F)nc(C(=O)N[C@H](C(=O)NCCO)C(C)(C)C)c2C1. The summed E-state index contributed by atoms with van der Waals surface area (Å²) in [6.45, 7) is 7.24. The summed E-state index contributed by atoms with van der Waals surface area (Å²) in [6.07, 6.45) is 0.810. The number of nitrogens with zero attached hydrogens (tertiary/aromatic N) is 3. The monoisotopic (exact) mass is 479 g/mol. The first kappa shape index (κ1) is 25.1. The minimum absolute atomic E-state index is 0.0874. The Morgan fingerprint density at radius 3 is 2.70 bits per heavy atom. The van der Waals surface area contributed by atoms with Gasteiger partial charge in [0.2, 0.25) is 5.91 Å². The standard InChI is InChI=1S/C23H31ClFN5O3/c1-23(2,3)19(22(33)26-8-11-31)28-21(32)18-17-13-29(4)9-5-10-30(17)20(27-18)15-12-14(24)6-7-16(15)25/h6-7,12,19,31H,5,8-11,13H2,1-4H3,(H,26,33)(H,28,32)/t19-/m1/s1. The van der Waals surface area contributed by atoms with E-state index >= 15 is 0 Å². The predicted molar refractivity (Wildman–Crippen MR) is 124 cm³/mol. The second kappa shape index (κ2) is 10.2. The van der Waals surface area contributed by atoms with Gasteiger partial charge in [-0.3, -0.25) is 9.59 Å². The van der Waals surface area contributed by atoms with Gasteiger partial charge >= 0.3 is 0 Å². The van der Waals surface area contributed by atoms with Crippen molar-refractivity contribution in [2.75, 3.05) is 26.7 Å². The van der Waals surface area contributed by atoms with E-state index in [1.807, 2.05) is 32.4 Å². The molecule has 180 valence electrons. The number of imidazole rings is 1. The third kappa shape index (κ3) is 5.72. The van der Waals surface area contributed by atoms with Crippen LogP contribution in [0.1, 0.15) is 43.4 Å². The molecule has 1 aliphatic rings. The summed E-state index contributed by atoms with van der Waals surface area (Å²) in [5, 5.41) is 14.8. The van der Waals surface area contributed by atoms with Gasteiger partial charge < -0.3 is 25.2 Å². The average Bonchev–Trinajstić information content (AvgIpc) is 2.97. The molecule has 2 heterocycles. The predicted octanol–water partition coefficient (Wildman–Crippen LogP) is 2.43. The zero-order valence-electron chi connectivity index (χ0n) is 19.4. The van der Waals surface area contributed by atoms with Crippen molar-refractivity contribution in [2.24, 2.45) is 5.41 Å². The number of aromatic nitrogens is 2. The fourth-order valence-corrected chi connectivity index (χ4v) is 4.11. The quantitative estimate of drug-likeness (QED) is 0.591. The van der Waals surface area contributed by atoms with Crippen molar-refractivity contribution in [3.05, 3.63) is 40.4 Å². The number of carbonyl (C=O) groups is 2. The summed E-state index contributed by atoms with van der Waals surface area (Å²) >= 11 is 6.12. The van der Waals surface area contributed by atoms with Gasteiger partial charge in [-0.2, -0.15) is 0 Å². The van der Waals surface area contributed by atoms with Gasteiger partial charge in [-0.1, -0.05) is 32.4 Å². The van der Waals surface area contributed by atoms with Gasteiger partial charge in [-0.05, 0) is 43.6 Å². The van der Waals surface area contributed by atoms with E-state index in [1.165, 1.54) is 18.2 Å². The molecule has 0 aliphatic carbocycles. The molecule has 33 heavy (non-hydrogen) atoms. The number of hydrogen-bond donors (Lipinski definition) is 3. The van der Waals surface area contributed by atoms with Crippen LogP contribution in [-0.4, -0.2) is 64.2 Å². The van der Waals surface area contributed by atoms with E-state index in [-0.39, 0.29) is 24.4 Å². The minimum atomic E-state index is -0.858. The van der Waals surface area contributed by atoms with Crippen molar-refractivity contribution in [3.63, 3.8) is 0 Å². The molecular formula is C23H31ClFN5O3. The molecule has 2 amide bonds. The number of hydrogen-bond acceptors (Lipinski definition) is 5. The topological polar surface area (TPSA) is 99.5 Å². The number of nitrogens with one attached hydrogen (secondary N) is 2. The Kier molecular flexibility index (Phi) is 7.76. The van der Waals surface area contributed by atoms with Crippen LogP contribution in [0.15, 0.2) is 18.2 Å². The molecule has 1 aromatic carbocycles. The van der Waals surface area contributed by atoms with E-state index in [0.29, 0.717) is 29.6 Å². The highest BCUT2D eigenvalue weighted by molar-refractivity contribution is 6.30. The van der Waals surface area contributed by atoms with Gasteiger partial charge in [0.25, 0.3) is 5.91 Å². The van der Waals surface area contributed by atoms with Gasteiger partial charge in [-0.25, -0.2) is 9.37 Å². The number of rotatable bonds is 6. The molecule has 0 spiro atoms. The third-order valence-electron chi connectivity index (χ3n) is 5.61.